The van der Waals surface area contributed by atoms with Crippen molar-refractivity contribution in [3.8, 4) is 0 Å². The van der Waals surface area contributed by atoms with Crippen LogP contribution in [0.1, 0.15) is 12.5 Å². The molecule has 1 heterocycles. The quantitative estimate of drug-likeness (QED) is 0.642. The molecule has 0 unspecified atom stereocenters. The summed E-state index contributed by atoms with van der Waals surface area (Å²) in [4.78, 5) is 8.74. The van der Waals surface area contributed by atoms with E-state index in [2.05, 4.69) is 67.7 Å². The Labute approximate surface area is 144 Å². The molecule has 2 aromatic carbocycles. The second kappa shape index (κ2) is 7.24. The molecule has 0 saturated carbocycles. The highest BCUT2D eigenvalue weighted by molar-refractivity contribution is 9.10. The van der Waals surface area contributed by atoms with Gasteiger partial charge in [-0.15, -0.1) is 0 Å². The van der Waals surface area contributed by atoms with E-state index in [1.54, 1.807) is 6.20 Å². The van der Waals surface area contributed by atoms with Gasteiger partial charge in [0.1, 0.15) is 5.82 Å². The molecule has 0 bridgehead atoms. The Morgan fingerprint density at radius 1 is 0.957 bits per heavy atom. The zero-order chi connectivity index (χ0) is 16.1. The van der Waals surface area contributed by atoms with Crippen LogP contribution < -0.4 is 10.6 Å². The Hall–Kier alpha value is -2.40. The first-order chi connectivity index (χ1) is 11.2. The highest BCUT2D eigenvalue weighted by atomic mass is 79.9. The first-order valence-corrected chi connectivity index (χ1v) is 8.24. The van der Waals surface area contributed by atoms with Gasteiger partial charge in [0.2, 0.25) is 5.95 Å². The summed E-state index contributed by atoms with van der Waals surface area (Å²) < 4.78 is 1.01. The van der Waals surface area contributed by atoms with Crippen molar-refractivity contribution in [2.75, 3.05) is 10.6 Å². The third-order valence-electron chi connectivity index (χ3n) is 3.37. The van der Waals surface area contributed by atoms with Gasteiger partial charge in [0, 0.05) is 22.0 Å². The summed E-state index contributed by atoms with van der Waals surface area (Å²) in [5.41, 5.74) is 3.26. The first kappa shape index (κ1) is 15.5. The van der Waals surface area contributed by atoms with E-state index in [4.69, 9.17) is 0 Å². The smallest absolute Gasteiger partial charge is 0.229 e. The van der Waals surface area contributed by atoms with Gasteiger partial charge in [0.05, 0.1) is 0 Å². The molecule has 0 aliphatic heterocycles. The van der Waals surface area contributed by atoms with Gasteiger partial charge < -0.3 is 10.6 Å². The summed E-state index contributed by atoms with van der Waals surface area (Å²) in [6.45, 7) is 2.15. The molecule has 0 aliphatic carbocycles. The summed E-state index contributed by atoms with van der Waals surface area (Å²) in [5.74, 6) is 1.31. The Balaban J connectivity index is 1.74. The van der Waals surface area contributed by atoms with Crippen LogP contribution in [0.4, 0.5) is 23.1 Å². The van der Waals surface area contributed by atoms with Crippen LogP contribution in [0.3, 0.4) is 0 Å². The number of benzene rings is 2. The summed E-state index contributed by atoms with van der Waals surface area (Å²) >= 11 is 3.45. The zero-order valence-electron chi connectivity index (χ0n) is 12.8. The second-order valence-corrected chi connectivity index (χ2v) is 5.99. The largest absolute Gasteiger partial charge is 0.340 e. The van der Waals surface area contributed by atoms with E-state index in [1.165, 1.54) is 5.56 Å². The third kappa shape index (κ3) is 4.29. The predicted molar refractivity (Wildman–Crippen MR) is 98.6 cm³/mol. The fourth-order valence-corrected chi connectivity index (χ4v) is 2.55. The average Bonchev–Trinajstić information content (AvgIpc) is 2.56. The lowest BCUT2D eigenvalue weighted by molar-refractivity contribution is 1.14. The second-order valence-electron chi connectivity index (χ2n) is 5.08. The monoisotopic (exact) mass is 368 g/mol. The lowest BCUT2D eigenvalue weighted by atomic mass is 10.1. The van der Waals surface area contributed by atoms with E-state index in [0.717, 1.165) is 28.1 Å². The molecule has 4 nitrogen and oxygen atoms in total. The Bertz CT molecular complexity index is 787. The summed E-state index contributed by atoms with van der Waals surface area (Å²) in [6.07, 6.45) is 2.77. The molecule has 0 amide bonds. The molecular formula is C18H17BrN4. The minimum atomic E-state index is 0.554. The van der Waals surface area contributed by atoms with Crippen molar-refractivity contribution in [2.24, 2.45) is 0 Å². The molecule has 0 fully saturated rings. The van der Waals surface area contributed by atoms with Gasteiger partial charge in [-0.25, -0.2) is 4.98 Å². The molecule has 0 saturated heterocycles. The number of halogens is 1. The van der Waals surface area contributed by atoms with Crippen LogP contribution in [0.5, 0.6) is 0 Å². The third-order valence-corrected chi connectivity index (χ3v) is 3.86. The Morgan fingerprint density at radius 2 is 1.78 bits per heavy atom. The number of aromatic nitrogens is 2. The van der Waals surface area contributed by atoms with E-state index in [9.17, 15) is 0 Å². The van der Waals surface area contributed by atoms with Crippen molar-refractivity contribution in [3.05, 3.63) is 70.8 Å². The molecule has 5 heteroatoms. The van der Waals surface area contributed by atoms with E-state index in [0.29, 0.717) is 5.95 Å². The van der Waals surface area contributed by atoms with Gasteiger partial charge in [-0.3, -0.25) is 0 Å². The van der Waals surface area contributed by atoms with Crippen LogP contribution in [0.15, 0.2) is 65.3 Å². The molecular weight excluding hydrogens is 352 g/mol. The Kier molecular flexibility index (Phi) is 4.88. The maximum atomic E-state index is 4.49. The lowest BCUT2D eigenvalue weighted by Gasteiger charge is -2.09. The minimum absolute atomic E-state index is 0.554. The number of anilines is 4. The van der Waals surface area contributed by atoms with Crippen molar-refractivity contribution in [2.45, 2.75) is 13.3 Å². The average molecular weight is 369 g/mol. The molecule has 0 atom stereocenters. The van der Waals surface area contributed by atoms with E-state index >= 15 is 0 Å². The van der Waals surface area contributed by atoms with Gasteiger partial charge in [0.25, 0.3) is 0 Å². The van der Waals surface area contributed by atoms with Crippen LogP contribution in [0.2, 0.25) is 0 Å². The highest BCUT2D eigenvalue weighted by Crippen LogP contribution is 2.20. The lowest BCUT2D eigenvalue weighted by Crippen LogP contribution is -2.00. The highest BCUT2D eigenvalue weighted by Gasteiger charge is 2.01. The van der Waals surface area contributed by atoms with Gasteiger partial charge in [-0.2, -0.15) is 4.98 Å². The number of rotatable bonds is 5. The minimum Gasteiger partial charge on any atom is -0.340 e. The van der Waals surface area contributed by atoms with Crippen molar-refractivity contribution in [1.82, 2.24) is 9.97 Å². The van der Waals surface area contributed by atoms with E-state index in [-0.39, 0.29) is 0 Å². The maximum Gasteiger partial charge on any atom is 0.229 e. The van der Waals surface area contributed by atoms with Crippen LogP contribution >= 0.6 is 15.9 Å². The Morgan fingerprint density at radius 3 is 2.52 bits per heavy atom. The molecule has 116 valence electrons. The zero-order valence-corrected chi connectivity index (χ0v) is 14.3. The SMILES string of the molecule is CCc1ccc(Nc2ccnc(Nc3cccc(Br)c3)n2)cc1. The van der Waals surface area contributed by atoms with Crippen molar-refractivity contribution < 1.29 is 0 Å². The standard InChI is InChI=1S/C18H17BrN4/c1-2-13-6-8-15(9-7-13)21-17-10-11-20-18(23-17)22-16-5-3-4-14(19)12-16/h3-12H,2H2,1H3,(H2,20,21,22,23). The van der Waals surface area contributed by atoms with Crippen molar-refractivity contribution >= 4 is 39.1 Å². The van der Waals surface area contributed by atoms with E-state index in [1.807, 2.05) is 30.3 Å². The van der Waals surface area contributed by atoms with Gasteiger partial charge >= 0.3 is 0 Å². The van der Waals surface area contributed by atoms with Crippen molar-refractivity contribution in [1.29, 1.82) is 0 Å². The summed E-state index contributed by atoms with van der Waals surface area (Å²) in [7, 11) is 0. The number of hydrogen-bond acceptors (Lipinski definition) is 4. The fourth-order valence-electron chi connectivity index (χ4n) is 2.16. The van der Waals surface area contributed by atoms with Crippen molar-refractivity contribution in [3.63, 3.8) is 0 Å². The molecule has 2 N–H and O–H groups in total. The number of nitrogens with zero attached hydrogens (tertiary/aromatic N) is 2. The molecule has 23 heavy (non-hydrogen) atoms. The fraction of sp³-hybridized carbons (Fsp3) is 0.111. The van der Waals surface area contributed by atoms with Crippen LogP contribution in [0.25, 0.3) is 0 Å². The molecule has 3 aromatic rings. The molecule has 0 spiro atoms. The number of nitrogens with one attached hydrogen (secondary N) is 2. The van der Waals surface area contributed by atoms with Crippen LogP contribution in [-0.2, 0) is 6.42 Å². The number of hydrogen-bond donors (Lipinski definition) is 2. The molecule has 3 rings (SSSR count). The first-order valence-electron chi connectivity index (χ1n) is 7.44. The predicted octanol–water partition coefficient (Wildman–Crippen LogP) is 5.29. The number of aryl methyl sites for hydroxylation is 1. The summed E-state index contributed by atoms with van der Waals surface area (Å²) in [5, 5.41) is 6.49. The van der Waals surface area contributed by atoms with Gasteiger partial charge in [-0.05, 0) is 48.4 Å². The topological polar surface area (TPSA) is 49.8 Å². The summed E-state index contributed by atoms with van der Waals surface area (Å²) in [6, 6.07) is 18.1. The van der Waals surface area contributed by atoms with Gasteiger partial charge in [-0.1, -0.05) is 41.1 Å². The molecule has 1 aromatic heterocycles. The van der Waals surface area contributed by atoms with Gasteiger partial charge in [0.15, 0.2) is 0 Å². The van der Waals surface area contributed by atoms with Crippen LogP contribution in [-0.4, -0.2) is 9.97 Å². The maximum absolute atomic E-state index is 4.49. The molecule has 0 aliphatic rings. The molecule has 0 radical (unpaired) electrons. The normalized spacial score (nSPS) is 10.3. The van der Waals surface area contributed by atoms with Crippen LogP contribution in [0, 0.1) is 0 Å². The van der Waals surface area contributed by atoms with E-state index < -0.39 is 0 Å².